The van der Waals surface area contributed by atoms with Gasteiger partial charge in [-0.25, -0.2) is 0 Å². The summed E-state index contributed by atoms with van der Waals surface area (Å²) in [6.07, 6.45) is 0.693. The lowest BCUT2D eigenvalue weighted by molar-refractivity contribution is 0.112. The van der Waals surface area contributed by atoms with Crippen molar-refractivity contribution in [1.29, 1.82) is 5.26 Å². The Labute approximate surface area is 116 Å². The van der Waals surface area contributed by atoms with Gasteiger partial charge in [-0.3, -0.25) is 4.79 Å². The minimum Gasteiger partial charge on any atom is -0.456 e. The van der Waals surface area contributed by atoms with Gasteiger partial charge in [0.05, 0.1) is 5.56 Å². The first kappa shape index (κ1) is 13.1. The molecule has 0 radical (unpaired) electrons. The summed E-state index contributed by atoms with van der Waals surface area (Å²) in [5.41, 5.74) is 1.63. The zero-order valence-corrected chi connectivity index (χ0v) is 10.9. The van der Waals surface area contributed by atoms with Crippen molar-refractivity contribution in [3.8, 4) is 17.6 Å². The van der Waals surface area contributed by atoms with Crippen LogP contribution >= 0.6 is 11.6 Å². The highest BCUT2D eigenvalue weighted by atomic mass is 35.5. The van der Waals surface area contributed by atoms with Crippen LogP contribution in [0.2, 0.25) is 5.02 Å². The summed E-state index contributed by atoms with van der Waals surface area (Å²) in [5, 5.41) is 9.69. The van der Waals surface area contributed by atoms with Crippen molar-refractivity contribution in [1.82, 2.24) is 0 Å². The maximum absolute atomic E-state index is 10.7. The van der Waals surface area contributed by atoms with E-state index in [1.807, 2.05) is 13.0 Å². The largest absolute Gasteiger partial charge is 0.456 e. The molecule has 0 bridgehead atoms. The Hall–Kier alpha value is -2.31. The lowest BCUT2D eigenvalue weighted by Crippen LogP contribution is -1.92. The average Bonchev–Trinajstić information content (AvgIpc) is 2.42. The number of carbonyl (C=O) groups is 1. The molecule has 0 fully saturated rings. The maximum atomic E-state index is 10.7. The number of ether oxygens (including phenoxy) is 1. The lowest BCUT2D eigenvalue weighted by atomic mass is 10.1. The molecule has 0 amide bonds. The number of hydrogen-bond donors (Lipinski definition) is 0. The topological polar surface area (TPSA) is 50.1 Å². The van der Waals surface area contributed by atoms with Gasteiger partial charge in [0, 0.05) is 10.6 Å². The van der Waals surface area contributed by atoms with Crippen LogP contribution in [-0.2, 0) is 0 Å². The van der Waals surface area contributed by atoms with Crippen molar-refractivity contribution in [3.05, 3.63) is 58.1 Å². The van der Waals surface area contributed by atoms with Crippen LogP contribution in [0.4, 0.5) is 0 Å². The molecular weight excluding hydrogens is 262 g/mol. The summed E-state index contributed by atoms with van der Waals surface area (Å²) in [5.74, 6) is 1.04. The normalized spacial score (nSPS) is 9.74. The number of carbonyl (C=O) groups excluding carboxylic acids is 1. The second kappa shape index (κ2) is 5.55. The summed E-state index contributed by atoms with van der Waals surface area (Å²) >= 11 is 5.87. The fourth-order valence-corrected chi connectivity index (χ4v) is 1.87. The van der Waals surface area contributed by atoms with Crippen LogP contribution in [0.15, 0.2) is 36.4 Å². The van der Waals surface area contributed by atoms with Crippen LogP contribution < -0.4 is 4.74 Å². The summed E-state index contributed by atoms with van der Waals surface area (Å²) in [6, 6.07) is 12.0. The Morgan fingerprint density at radius 1 is 1.21 bits per heavy atom. The van der Waals surface area contributed by atoms with E-state index in [0.717, 1.165) is 5.56 Å². The Bertz CT molecular complexity index is 674. The second-order valence-corrected chi connectivity index (χ2v) is 4.43. The molecule has 0 unspecified atom stereocenters. The van der Waals surface area contributed by atoms with Crippen molar-refractivity contribution in [3.63, 3.8) is 0 Å². The molecule has 0 atom stereocenters. The van der Waals surface area contributed by atoms with Crippen molar-refractivity contribution in [2.24, 2.45) is 0 Å². The monoisotopic (exact) mass is 271 g/mol. The zero-order chi connectivity index (χ0) is 13.8. The van der Waals surface area contributed by atoms with Gasteiger partial charge in [-0.15, -0.1) is 0 Å². The van der Waals surface area contributed by atoms with E-state index in [2.05, 4.69) is 0 Å². The molecule has 0 heterocycles. The molecule has 0 aliphatic rings. The van der Waals surface area contributed by atoms with Gasteiger partial charge in [-0.2, -0.15) is 5.26 Å². The van der Waals surface area contributed by atoms with E-state index < -0.39 is 0 Å². The van der Waals surface area contributed by atoms with E-state index in [-0.39, 0.29) is 0 Å². The first-order valence-corrected chi connectivity index (χ1v) is 5.95. The summed E-state index contributed by atoms with van der Waals surface area (Å²) in [4.78, 5) is 10.7. The molecule has 0 aliphatic heterocycles. The van der Waals surface area contributed by atoms with Gasteiger partial charge in [-0.1, -0.05) is 11.6 Å². The highest BCUT2D eigenvalue weighted by molar-refractivity contribution is 6.30. The molecule has 94 valence electrons. The average molecular weight is 272 g/mol. The van der Waals surface area contributed by atoms with Gasteiger partial charge in [0.15, 0.2) is 0 Å². The third-order valence-electron chi connectivity index (χ3n) is 2.62. The standard InChI is InChI=1S/C15H10ClNO2/c1-10-6-13(16)3-5-14(10)19-15-4-2-11(9-18)7-12(15)8-17/h2-7,9H,1H3. The third kappa shape index (κ3) is 2.93. The molecule has 2 aromatic rings. The molecule has 0 saturated carbocycles. The van der Waals surface area contributed by atoms with E-state index in [4.69, 9.17) is 21.6 Å². The first-order chi connectivity index (χ1) is 9.13. The highest BCUT2D eigenvalue weighted by Gasteiger charge is 2.08. The summed E-state index contributed by atoms with van der Waals surface area (Å²) in [6.45, 7) is 1.87. The number of aldehydes is 1. The van der Waals surface area contributed by atoms with Gasteiger partial charge in [-0.05, 0) is 48.9 Å². The van der Waals surface area contributed by atoms with Gasteiger partial charge in [0.2, 0.25) is 0 Å². The third-order valence-corrected chi connectivity index (χ3v) is 2.85. The fraction of sp³-hybridized carbons (Fsp3) is 0.0667. The van der Waals surface area contributed by atoms with Crippen LogP contribution in [0.1, 0.15) is 21.5 Å². The molecule has 0 saturated heterocycles. The minimum absolute atomic E-state index is 0.318. The van der Waals surface area contributed by atoms with E-state index >= 15 is 0 Å². The van der Waals surface area contributed by atoms with Gasteiger partial charge in [0.1, 0.15) is 23.9 Å². The van der Waals surface area contributed by atoms with Crippen molar-refractivity contribution in [2.45, 2.75) is 6.92 Å². The number of hydrogen-bond acceptors (Lipinski definition) is 3. The number of rotatable bonds is 3. The van der Waals surface area contributed by atoms with Crippen molar-refractivity contribution >= 4 is 17.9 Å². The quantitative estimate of drug-likeness (QED) is 0.789. The van der Waals surface area contributed by atoms with Gasteiger partial charge >= 0.3 is 0 Å². The molecule has 2 aromatic carbocycles. The Balaban J connectivity index is 2.38. The van der Waals surface area contributed by atoms with E-state index in [0.29, 0.717) is 33.9 Å². The number of halogens is 1. The molecule has 0 aromatic heterocycles. The van der Waals surface area contributed by atoms with Crippen molar-refractivity contribution in [2.75, 3.05) is 0 Å². The predicted molar refractivity (Wildman–Crippen MR) is 72.8 cm³/mol. The van der Waals surface area contributed by atoms with Crippen molar-refractivity contribution < 1.29 is 9.53 Å². The van der Waals surface area contributed by atoms with Gasteiger partial charge in [0.25, 0.3) is 0 Å². The predicted octanol–water partition coefficient (Wildman–Crippen LogP) is 4.12. The van der Waals surface area contributed by atoms with E-state index in [1.165, 1.54) is 6.07 Å². The number of benzene rings is 2. The molecule has 2 rings (SSSR count). The highest BCUT2D eigenvalue weighted by Crippen LogP contribution is 2.29. The number of nitriles is 1. The lowest BCUT2D eigenvalue weighted by Gasteiger charge is -2.10. The zero-order valence-electron chi connectivity index (χ0n) is 10.2. The molecule has 0 N–H and O–H groups in total. The van der Waals surface area contributed by atoms with Crippen LogP contribution in [-0.4, -0.2) is 6.29 Å². The Morgan fingerprint density at radius 3 is 2.58 bits per heavy atom. The second-order valence-electron chi connectivity index (χ2n) is 4.00. The molecular formula is C15H10ClNO2. The van der Waals surface area contributed by atoms with Crippen LogP contribution in [0.3, 0.4) is 0 Å². The first-order valence-electron chi connectivity index (χ1n) is 5.57. The summed E-state index contributed by atoms with van der Waals surface area (Å²) in [7, 11) is 0. The molecule has 0 aliphatic carbocycles. The molecule has 4 heteroatoms. The SMILES string of the molecule is Cc1cc(Cl)ccc1Oc1ccc(C=O)cc1C#N. The van der Waals surface area contributed by atoms with Crippen LogP contribution in [0.25, 0.3) is 0 Å². The molecule has 3 nitrogen and oxygen atoms in total. The maximum Gasteiger partial charge on any atom is 0.150 e. The van der Waals surface area contributed by atoms with Crippen LogP contribution in [0, 0.1) is 18.3 Å². The number of nitrogens with zero attached hydrogens (tertiary/aromatic N) is 1. The van der Waals surface area contributed by atoms with E-state index in [1.54, 1.807) is 30.3 Å². The molecule has 0 spiro atoms. The fourth-order valence-electron chi connectivity index (χ4n) is 1.64. The van der Waals surface area contributed by atoms with Crippen LogP contribution in [0.5, 0.6) is 11.5 Å². The molecule has 19 heavy (non-hydrogen) atoms. The summed E-state index contributed by atoms with van der Waals surface area (Å²) < 4.78 is 5.69. The van der Waals surface area contributed by atoms with Gasteiger partial charge < -0.3 is 4.74 Å². The Kier molecular flexibility index (Phi) is 3.84. The number of aryl methyl sites for hydroxylation is 1. The van der Waals surface area contributed by atoms with E-state index in [9.17, 15) is 4.79 Å². The smallest absolute Gasteiger partial charge is 0.150 e. The minimum atomic E-state index is 0.318. The Morgan fingerprint density at radius 2 is 1.95 bits per heavy atom.